The summed E-state index contributed by atoms with van der Waals surface area (Å²) >= 11 is 0. The fourth-order valence-electron chi connectivity index (χ4n) is 3.64. The number of benzene rings is 2. The summed E-state index contributed by atoms with van der Waals surface area (Å²) in [7, 11) is 0. The highest BCUT2D eigenvalue weighted by Gasteiger charge is 2.16. The third kappa shape index (κ3) is 4.11. The van der Waals surface area contributed by atoms with Gasteiger partial charge in [-0.3, -0.25) is 14.2 Å². The smallest absolute Gasteiger partial charge is 0.338 e. The van der Waals surface area contributed by atoms with Crippen molar-refractivity contribution in [1.29, 1.82) is 0 Å². The fraction of sp³-hybridized carbons (Fsp3) is 0.304. The number of carbonyl (C=O) groups is 2. The first-order chi connectivity index (χ1) is 14.1. The van der Waals surface area contributed by atoms with E-state index >= 15 is 0 Å². The molecular formula is C23H22N2O4. The van der Waals surface area contributed by atoms with Gasteiger partial charge in [0.15, 0.2) is 12.4 Å². The van der Waals surface area contributed by atoms with Crippen molar-refractivity contribution in [3.8, 4) is 0 Å². The van der Waals surface area contributed by atoms with Crippen molar-refractivity contribution in [3.63, 3.8) is 0 Å². The zero-order valence-electron chi connectivity index (χ0n) is 16.1. The SMILES string of the molecule is O=C(COC(=O)c1ccc2c(=O)n3c(nc2c1)CCCCCC3)c1ccccc1. The Kier molecular flexibility index (Phi) is 5.51. The van der Waals surface area contributed by atoms with E-state index in [2.05, 4.69) is 4.98 Å². The lowest BCUT2D eigenvalue weighted by Crippen LogP contribution is -2.26. The molecule has 1 aliphatic heterocycles. The second-order valence-electron chi connectivity index (χ2n) is 7.25. The van der Waals surface area contributed by atoms with E-state index in [-0.39, 0.29) is 23.5 Å². The molecule has 1 aromatic heterocycles. The van der Waals surface area contributed by atoms with E-state index in [0.717, 1.165) is 37.9 Å². The van der Waals surface area contributed by atoms with Crippen molar-refractivity contribution < 1.29 is 14.3 Å². The van der Waals surface area contributed by atoms with Gasteiger partial charge in [-0.25, -0.2) is 9.78 Å². The van der Waals surface area contributed by atoms with E-state index in [1.54, 1.807) is 47.0 Å². The van der Waals surface area contributed by atoms with Crippen LogP contribution in [0.15, 0.2) is 53.3 Å². The number of ketones is 1. The Bertz CT molecular complexity index is 1120. The second-order valence-corrected chi connectivity index (χ2v) is 7.25. The summed E-state index contributed by atoms with van der Waals surface area (Å²) in [6, 6.07) is 13.4. The minimum atomic E-state index is -0.607. The van der Waals surface area contributed by atoms with E-state index in [1.807, 2.05) is 6.07 Å². The number of fused-ring (bicyclic) bond motifs is 2. The van der Waals surface area contributed by atoms with Gasteiger partial charge in [-0.15, -0.1) is 0 Å². The van der Waals surface area contributed by atoms with Crippen LogP contribution < -0.4 is 5.56 Å². The Balaban J connectivity index is 1.56. The van der Waals surface area contributed by atoms with Crippen molar-refractivity contribution in [2.45, 2.75) is 38.6 Å². The predicted octanol–water partition coefficient (Wildman–Crippen LogP) is 3.55. The van der Waals surface area contributed by atoms with Gasteiger partial charge in [-0.2, -0.15) is 0 Å². The van der Waals surface area contributed by atoms with Crippen LogP contribution in [0, 0.1) is 0 Å². The average molecular weight is 390 g/mol. The molecule has 0 bridgehead atoms. The zero-order chi connectivity index (χ0) is 20.2. The molecule has 3 aromatic rings. The Hall–Kier alpha value is -3.28. The maximum Gasteiger partial charge on any atom is 0.338 e. The van der Waals surface area contributed by atoms with Gasteiger partial charge in [0.2, 0.25) is 0 Å². The number of Topliss-reactive ketones (excluding diaryl/α,β-unsaturated/α-hetero) is 1. The van der Waals surface area contributed by atoms with Crippen LogP contribution in [-0.2, 0) is 17.7 Å². The summed E-state index contributed by atoms with van der Waals surface area (Å²) in [6.45, 7) is 0.351. The largest absolute Gasteiger partial charge is 0.454 e. The van der Waals surface area contributed by atoms with Crippen molar-refractivity contribution in [1.82, 2.24) is 9.55 Å². The molecule has 0 fully saturated rings. The van der Waals surface area contributed by atoms with Gasteiger partial charge >= 0.3 is 5.97 Å². The molecule has 6 nitrogen and oxygen atoms in total. The second kappa shape index (κ2) is 8.39. The third-order valence-electron chi connectivity index (χ3n) is 5.23. The molecule has 0 unspecified atom stereocenters. The summed E-state index contributed by atoms with van der Waals surface area (Å²) in [5.41, 5.74) is 1.20. The lowest BCUT2D eigenvalue weighted by Gasteiger charge is -2.16. The summed E-state index contributed by atoms with van der Waals surface area (Å²) in [5.74, 6) is -0.103. The highest BCUT2D eigenvalue weighted by atomic mass is 16.5. The normalized spacial score (nSPS) is 13.9. The highest BCUT2D eigenvalue weighted by molar-refractivity contribution is 6.00. The molecule has 0 aliphatic carbocycles. The number of aromatic nitrogens is 2. The van der Waals surface area contributed by atoms with Crippen LogP contribution in [0.25, 0.3) is 10.9 Å². The molecule has 4 rings (SSSR count). The van der Waals surface area contributed by atoms with Crippen LogP contribution >= 0.6 is 0 Å². The minimum Gasteiger partial charge on any atom is -0.454 e. The Morgan fingerprint density at radius 3 is 2.59 bits per heavy atom. The number of carbonyl (C=O) groups excluding carboxylic acids is 2. The Labute approximate surface area is 168 Å². The molecule has 0 saturated heterocycles. The summed E-state index contributed by atoms with van der Waals surface area (Å²) < 4.78 is 6.93. The molecule has 0 spiro atoms. The Morgan fingerprint density at radius 2 is 1.76 bits per heavy atom. The quantitative estimate of drug-likeness (QED) is 0.503. The van der Waals surface area contributed by atoms with E-state index in [4.69, 9.17) is 4.74 Å². The number of ether oxygens (including phenoxy) is 1. The van der Waals surface area contributed by atoms with E-state index < -0.39 is 5.97 Å². The maximum atomic E-state index is 12.9. The lowest BCUT2D eigenvalue weighted by molar-refractivity contribution is 0.0475. The van der Waals surface area contributed by atoms with E-state index in [0.29, 0.717) is 23.0 Å². The topological polar surface area (TPSA) is 78.3 Å². The average Bonchev–Trinajstić information content (AvgIpc) is 2.73. The van der Waals surface area contributed by atoms with Crippen molar-refractivity contribution in [2.24, 2.45) is 0 Å². The summed E-state index contributed by atoms with van der Waals surface area (Å²) in [6.07, 6.45) is 4.98. The first-order valence-electron chi connectivity index (χ1n) is 9.92. The molecule has 1 aliphatic rings. The molecule has 148 valence electrons. The molecule has 0 saturated carbocycles. The Morgan fingerprint density at radius 1 is 0.966 bits per heavy atom. The lowest BCUT2D eigenvalue weighted by atomic mass is 10.1. The van der Waals surface area contributed by atoms with Crippen LogP contribution in [0.4, 0.5) is 0 Å². The molecule has 29 heavy (non-hydrogen) atoms. The van der Waals surface area contributed by atoms with Crippen molar-refractivity contribution in [3.05, 3.63) is 75.8 Å². The molecule has 0 amide bonds. The number of hydrogen-bond donors (Lipinski definition) is 0. The van der Waals surface area contributed by atoms with Gasteiger partial charge in [0.05, 0.1) is 16.5 Å². The summed E-state index contributed by atoms with van der Waals surface area (Å²) in [5, 5.41) is 0.492. The molecule has 6 heteroatoms. The first-order valence-corrected chi connectivity index (χ1v) is 9.92. The van der Waals surface area contributed by atoms with E-state index in [1.165, 1.54) is 0 Å². The molecule has 0 N–H and O–H groups in total. The van der Waals surface area contributed by atoms with Gasteiger partial charge in [0.1, 0.15) is 5.82 Å². The number of aryl methyl sites for hydroxylation is 1. The van der Waals surface area contributed by atoms with Crippen molar-refractivity contribution >= 4 is 22.7 Å². The standard InChI is InChI=1S/C23H22N2O4/c26-20(16-8-4-3-5-9-16)15-29-23(28)17-11-12-18-19(14-17)24-21-10-6-1-2-7-13-25(21)22(18)27/h3-5,8-9,11-12,14H,1-2,6-7,10,13,15H2. The number of rotatable bonds is 4. The monoisotopic (exact) mass is 390 g/mol. The molecular weight excluding hydrogens is 368 g/mol. The van der Waals surface area contributed by atoms with Gasteiger partial charge in [0, 0.05) is 18.5 Å². The van der Waals surface area contributed by atoms with Gasteiger partial charge in [-0.1, -0.05) is 43.2 Å². The first kappa shape index (κ1) is 19.1. The molecule has 2 aromatic carbocycles. The van der Waals surface area contributed by atoms with Gasteiger partial charge in [0.25, 0.3) is 5.56 Å². The maximum absolute atomic E-state index is 12.9. The predicted molar refractivity (Wildman–Crippen MR) is 109 cm³/mol. The van der Waals surface area contributed by atoms with Gasteiger partial charge < -0.3 is 4.74 Å². The minimum absolute atomic E-state index is 0.0638. The zero-order valence-corrected chi connectivity index (χ0v) is 16.1. The van der Waals surface area contributed by atoms with Crippen LogP contribution in [-0.4, -0.2) is 27.9 Å². The van der Waals surface area contributed by atoms with Gasteiger partial charge in [-0.05, 0) is 31.0 Å². The van der Waals surface area contributed by atoms with Crippen LogP contribution in [0.3, 0.4) is 0 Å². The molecule has 0 radical (unpaired) electrons. The van der Waals surface area contributed by atoms with Crippen LogP contribution in [0.1, 0.15) is 52.2 Å². The summed E-state index contributed by atoms with van der Waals surface area (Å²) in [4.78, 5) is 42.0. The fourth-order valence-corrected chi connectivity index (χ4v) is 3.64. The van der Waals surface area contributed by atoms with Crippen LogP contribution in [0.5, 0.6) is 0 Å². The third-order valence-corrected chi connectivity index (χ3v) is 5.23. The highest BCUT2D eigenvalue weighted by Crippen LogP contribution is 2.17. The molecule has 2 heterocycles. The van der Waals surface area contributed by atoms with Crippen LogP contribution in [0.2, 0.25) is 0 Å². The van der Waals surface area contributed by atoms with Crippen molar-refractivity contribution in [2.75, 3.05) is 6.61 Å². The molecule has 0 atom stereocenters. The number of esters is 1. The number of nitrogens with zero attached hydrogens (tertiary/aromatic N) is 2. The van der Waals surface area contributed by atoms with E-state index in [9.17, 15) is 14.4 Å². The number of hydrogen-bond acceptors (Lipinski definition) is 5.